The van der Waals surface area contributed by atoms with Gasteiger partial charge in [-0.3, -0.25) is 9.59 Å². The van der Waals surface area contributed by atoms with E-state index in [9.17, 15) is 26.8 Å². The summed E-state index contributed by atoms with van der Waals surface area (Å²) in [6.45, 7) is -1.29. The molecule has 0 fully saturated rings. The number of sulfonamides is 1. The van der Waals surface area contributed by atoms with Crippen LogP contribution in [0, 0.1) is 11.6 Å². The van der Waals surface area contributed by atoms with Crippen molar-refractivity contribution >= 4 is 21.8 Å². The van der Waals surface area contributed by atoms with Crippen LogP contribution >= 0.6 is 0 Å². The zero-order chi connectivity index (χ0) is 19.3. The molecule has 0 aliphatic heterocycles. The Hall–Kier alpha value is -2.65. The van der Waals surface area contributed by atoms with Crippen LogP contribution in [-0.2, 0) is 19.6 Å². The van der Waals surface area contributed by atoms with Gasteiger partial charge in [0.25, 0.3) is 0 Å². The third kappa shape index (κ3) is 4.93. The van der Waals surface area contributed by atoms with Crippen LogP contribution in [0.1, 0.15) is 10.4 Å². The number of rotatable bonds is 7. The zero-order valence-electron chi connectivity index (χ0n) is 13.7. The van der Waals surface area contributed by atoms with Gasteiger partial charge < -0.3 is 4.74 Å². The zero-order valence-corrected chi connectivity index (χ0v) is 14.5. The van der Waals surface area contributed by atoms with Crippen LogP contribution < -0.4 is 0 Å². The molecule has 0 aliphatic carbocycles. The molecule has 0 saturated heterocycles. The van der Waals surface area contributed by atoms with Crippen LogP contribution in [0.4, 0.5) is 8.78 Å². The number of hydrogen-bond acceptors (Lipinski definition) is 5. The minimum absolute atomic E-state index is 0.0325. The van der Waals surface area contributed by atoms with Crippen LogP contribution in [0.2, 0.25) is 0 Å². The molecule has 2 rings (SSSR count). The number of Topliss-reactive ketones (excluding diaryl/α,β-unsaturated/α-hetero) is 1. The number of halogens is 2. The molecule has 6 nitrogen and oxygen atoms in total. The molecule has 0 N–H and O–H groups in total. The molecule has 26 heavy (non-hydrogen) atoms. The van der Waals surface area contributed by atoms with E-state index < -0.39 is 46.6 Å². The molecule has 0 heterocycles. The maximum absolute atomic E-state index is 13.1. The molecule has 0 spiro atoms. The lowest BCUT2D eigenvalue weighted by molar-refractivity contribution is -0.142. The highest BCUT2D eigenvalue weighted by molar-refractivity contribution is 7.89. The maximum atomic E-state index is 13.1. The largest absolute Gasteiger partial charge is 0.456 e. The van der Waals surface area contributed by atoms with Crippen molar-refractivity contribution in [2.24, 2.45) is 0 Å². The number of nitrogens with zero attached hydrogens (tertiary/aromatic N) is 1. The van der Waals surface area contributed by atoms with Crippen LogP contribution in [-0.4, -0.2) is 44.7 Å². The lowest BCUT2D eigenvalue weighted by Crippen LogP contribution is -2.33. The lowest BCUT2D eigenvalue weighted by Gasteiger charge is -2.16. The number of benzene rings is 2. The summed E-state index contributed by atoms with van der Waals surface area (Å²) in [6.07, 6.45) is 0. The minimum Gasteiger partial charge on any atom is -0.456 e. The van der Waals surface area contributed by atoms with Crippen molar-refractivity contribution in [2.45, 2.75) is 4.90 Å². The second-order valence-corrected chi connectivity index (χ2v) is 7.35. The van der Waals surface area contributed by atoms with Gasteiger partial charge in [-0.2, -0.15) is 4.31 Å². The summed E-state index contributed by atoms with van der Waals surface area (Å²) >= 11 is 0. The van der Waals surface area contributed by atoms with Gasteiger partial charge in [0.05, 0.1) is 4.90 Å². The number of carbonyl (C=O) groups is 2. The highest BCUT2D eigenvalue weighted by Crippen LogP contribution is 2.14. The third-order valence-corrected chi connectivity index (χ3v) is 5.20. The van der Waals surface area contributed by atoms with Gasteiger partial charge in [-0.1, -0.05) is 12.1 Å². The van der Waals surface area contributed by atoms with Crippen molar-refractivity contribution in [3.05, 3.63) is 65.7 Å². The van der Waals surface area contributed by atoms with E-state index >= 15 is 0 Å². The molecule has 138 valence electrons. The molecule has 0 unspecified atom stereocenters. The van der Waals surface area contributed by atoms with Gasteiger partial charge in [0.2, 0.25) is 10.0 Å². The first-order chi connectivity index (χ1) is 12.2. The average molecular weight is 383 g/mol. The SMILES string of the molecule is CN(CC(=O)OCC(=O)c1cccc(F)c1)S(=O)(=O)c1ccc(F)cc1. The summed E-state index contributed by atoms with van der Waals surface area (Å²) in [5.74, 6) is -2.78. The van der Waals surface area contributed by atoms with Crippen molar-refractivity contribution in [3.8, 4) is 0 Å². The lowest BCUT2D eigenvalue weighted by atomic mass is 10.1. The number of hydrogen-bond donors (Lipinski definition) is 0. The first-order valence-corrected chi connectivity index (χ1v) is 8.80. The van der Waals surface area contributed by atoms with Gasteiger partial charge in [-0.05, 0) is 36.4 Å². The van der Waals surface area contributed by atoms with E-state index in [4.69, 9.17) is 4.74 Å². The Bertz CT molecular complexity index is 913. The second-order valence-electron chi connectivity index (χ2n) is 5.31. The summed E-state index contributed by atoms with van der Waals surface area (Å²) in [5.41, 5.74) is 0.0325. The second kappa shape index (κ2) is 8.15. The number of ether oxygens (including phenoxy) is 1. The normalized spacial score (nSPS) is 11.4. The van der Waals surface area contributed by atoms with Gasteiger partial charge in [-0.25, -0.2) is 17.2 Å². The molecule has 0 radical (unpaired) electrons. The monoisotopic (exact) mass is 383 g/mol. The van der Waals surface area contributed by atoms with Crippen LogP contribution in [0.3, 0.4) is 0 Å². The van der Waals surface area contributed by atoms with Crippen LogP contribution in [0.5, 0.6) is 0 Å². The summed E-state index contributed by atoms with van der Waals surface area (Å²) < 4.78 is 55.9. The van der Waals surface area contributed by atoms with Gasteiger partial charge in [0.15, 0.2) is 12.4 Å². The Morgan fingerprint density at radius 3 is 2.31 bits per heavy atom. The summed E-state index contributed by atoms with van der Waals surface area (Å²) in [4.78, 5) is 23.4. The Morgan fingerprint density at radius 2 is 1.69 bits per heavy atom. The third-order valence-electron chi connectivity index (χ3n) is 3.38. The summed E-state index contributed by atoms with van der Waals surface area (Å²) in [5, 5.41) is 0. The van der Waals surface area contributed by atoms with E-state index in [1.165, 1.54) is 12.1 Å². The Morgan fingerprint density at radius 1 is 1.04 bits per heavy atom. The van der Waals surface area contributed by atoms with E-state index in [2.05, 4.69) is 0 Å². The highest BCUT2D eigenvalue weighted by Gasteiger charge is 2.24. The molecule has 0 aromatic heterocycles. The number of carbonyl (C=O) groups excluding carboxylic acids is 2. The molecular weight excluding hydrogens is 368 g/mol. The molecular formula is C17H15F2NO5S. The predicted octanol–water partition coefficient (Wildman–Crippen LogP) is 2.01. The van der Waals surface area contributed by atoms with Gasteiger partial charge in [0.1, 0.15) is 18.2 Å². The van der Waals surface area contributed by atoms with E-state index in [0.29, 0.717) is 0 Å². The standard InChI is InChI=1S/C17H15F2NO5S/c1-20(26(23,24)15-7-5-13(18)6-8-15)10-17(22)25-11-16(21)12-3-2-4-14(19)9-12/h2-9H,10-11H2,1H3. The van der Waals surface area contributed by atoms with Gasteiger partial charge in [-0.15, -0.1) is 0 Å². The Kier molecular flexibility index (Phi) is 6.17. The molecule has 2 aromatic carbocycles. The predicted molar refractivity (Wildman–Crippen MR) is 87.9 cm³/mol. The smallest absolute Gasteiger partial charge is 0.321 e. The quantitative estimate of drug-likeness (QED) is 0.540. The minimum atomic E-state index is -4.02. The number of ketones is 1. The summed E-state index contributed by atoms with van der Waals surface area (Å²) in [6, 6.07) is 8.98. The van der Waals surface area contributed by atoms with E-state index in [1.807, 2.05) is 0 Å². The number of esters is 1. The molecule has 9 heteroatoms. The fourth-order valence-corrected chi connectivity index (χ4v) is 3.11. The van der Waals surface area contributed by atoms with Gasteiger partial charge in [0, 0.05) is 12.6 Å². The fraction of sp³-hybridized carbons (Fsp3) is 0.176. The molecule has 0 bridgehead atoms. The van der Waals surface area contributed by atoms with Crippen LogP contribution in [0.15, 0.2) is 53.4 Å². The topological polar surface area (TPSA) is 80.8 Å². The average Bonchev–Trinajstić information content (AvgIpc) is 2.60. The Labute approximate surface area is 149 Å². The van der Waals surface area contributed by atoms with E-state index in [1.54, 1.807) is 0 Å². The fourth-order valence-electron chi connectivity index (χ4n) is 1.99. The first kappa shape index (κ1) is 19.7. The van der Waals surface area contributed by atoms with E-state index in [-0.39, 0.29) is 10.5 Å². The first-order valence-electron chi connectivity index (χ1n) is 7.36. The Balaban J connectivity index is 1.94. The maximum Gasteiger partial charge on any atom is 0.321 e. The number of likely N-dealkylation sites (N-methyl/N-ethyl adjacent to an activating group) is 1. The van der Waals surface area contributed by atoms with Crippen molar-refractivity contribution in [2.75, 3.05) is 20.2 Å². The van der Waals surface area contributed by atoms with Crippen molar-refractivity contribution in [1.82, 2.24) is 4.31 Å². The molecule has 0 atom stereocenters. The van der Waals surface area contributed by atoms with E-state index in [0.717, 1.165) is 47.8 Å². The van der Waals surface area contributed by atoms with Crippen molar-refractivity contribution in [3.63, 3.8) is 0 Å². The molecule has 0 saturated carbocycles. The summed E-state index contributed by atoms with van der Waals surface area (Å²) in [7, 11) is -2.87. The molecule has 2 aromatic rings. The van der Waals surface area contributed by atoms with Gasteiger partial charge >= 0.3 is 5.97 Å². The van der Waals surface area contributed by atoms with Crippen molar-refractivity contribution < 1.29 is 31.5 Å². The van der Waals surface area contributed by atoms with Crippen molar-refractivity contribution in [1.29, 1.82) is 0 Å². The molecule has 0 aliphatic rings. The molecule has 0 amide bonds. The van der Waals surface area contributed by atoms with Crippen LogP contribution in [0.25, 0.3) is 0 Å². The highest BCUT2D eigenvalue weighted by atomic mass is 32.2.